The number of amides is 1. The number of hydrogen-bond donors (Lipinski definition) is 1. The molecule has 1 aliphatic rings. The number of para-hydroxylation sites is 1. The first-order chi connectivity index (χ1) is 20.6. The molecule has 1 N–H and O–H groups in total. The van der Waals surface area contributed by atoms with Crippen molar-refractivity contribution in [2.45, 2.75) is 24.3 Å². The fraction of sp³-hybridized carbons (Fsp3) is 0.188. The predicted octanol–water partition coefficient (Wildman–Crippen LogP) is 5.04. The fourth-order valence-corrected chi connectivity index (χ4v) is 6.69. The quantitative estimate of drug-likeness (QED) is 0.212. The molecule has 1 aliphatic heterocycles. The monoisotopic (exact) mass is 606 g/mol. The normalized spacial score (nSPS) is 14.2. The van der Waals surface area contributed by atoms with Crippen LogP contribution < -0.4 is 14.4 Å². The highest BCUT2D eigenvalue weighted by atomic mass is 32.2. The standard InChI is InChI=1S/C32H28F2N2O6S/c1-20-17-24(33)10-13-26(20)21-7-11-25(12-8-21)43(39,40)36-28-6-4-3-5-22(28)19-29(36)31(37)35-15-16-42-30-14-9-23(18-27(30)34)32(38)41-2/h3-14,17-18,29H,15-16,19H2,1-2H3,(H,35,37)/t29-/m0/s1. The van der Waals surface area contributed by atoms with E-state index in [-0.39, 0.29) is 41.6 Å². The highest BCUT2D eigenvalue weighted by Crippen LogP contribution is 2.37. The van der Waals surface area contributed by atoms with E-state index < -0.39 is 33.8 Å². The maximum absolute atomic E-state index is 14.3. The van der Waals surface area contributed by atoms with Crippen molar-refractivity contribution in [3.05, 3.63) is 113 Å². The molecule has 4 aromatic rings. The summed E-state index contributed by atoms with van der Waals surface area (Å²) in [6.45, 7) is 1.65. The van der Waals surface area contributed by atoms with E-state index in [1.165, 1.54) is 43.5 Å². The van der Waals surface area contributed by atoms with Crippen molar-refractivity contribution >= 4 is 27.6 Å². The minimum atomic E-state index is -4.16. The molecule has 1 atom stereocenters. The highest BCUT2D eigenvalue weighted by Gasteiger charge is 2.42. The molecule has 5 rings (SSSR count). The Bertz CT molecular complexity index is 1790. The summed E-state index contributed by atoms with van der Waals surface area (Å²) in [5.41, 5.74) is 3.35. The number of carbonyl (C=O) groups excluding carboxylic acids is 2. The van der Waals surface area contributed by atoms with Crippen molar-refractivity contribution in [1.29, 1.82) is 0 Å². The van der Waals surface area contributed by atoms with Gasteiger partial charge in [-0.25, -0.2) is 22.0 Å². The lowest BCUT2D eigenvalue weighted by atomic mass is 10.0. The molecule has 0 bridgehead atoms. The summed E-state index contributed by atoms with van der Waals surface area (Å²) in [4.78, 5) is 24.9. The van der Waals surface area contributed by atoms with Crippen LogP contribution in [-0.4, -0.2) is 46.6 Å². The molecule has 0 spiro atoms. The number of carbonyl (C=O) groups is 2. The molecule has 1 heterocycles. The van der Waals surface area contributed by atoms with E-state index in [2.05, 4.69) is 10.1 Å². The second kappa shape index (κ2) is 12.2. The second-order valence-corrected chi connectivity index (χ2v) is 11.7. The van der Waals surface area contributed by atoms with Gasteiger partial charge in [0.15, 0.2) is 11.6 Å². The molecule has 8 nitrogen and oxygen atoms in total. The minimum absolute atomic E-state index is 0.000252. The van der Waals surface area contributed by atoms with Gasteiger partial charge in [0.2, 0.25) is 5.91 Å². The van der Waals surface area contributed by atoms with Gasteiger partial charge in [0.1, 0.15) is 18.5 Å². The molecule has 0 saturated carbocycles. The summed E-state index contributed by atoms with van der Waals surface area (Å²) in [6.07, 6.45) is 0.165. The zero-order chi connectivity index (χ0) is 30.7. The summed E-state index contributed by atoms with van der Waals surface area (Å²) in [6, 6.07) is 20.1. The molecule has 0 aromatic heterocycles. The van der Waals surface area contributed by atoms with E-state index in [0.29, 0.717) is 16.8 Å². The Hall–Kier alpha value is -4.77. The van der Waals surface area contributed by atoms with Crippen molar-refractivity contribution in [2.75, 3.05) is 24.6 Å². The third-order valence-corrected chi connectivity index (χ3v) is 8.99. The summed E-state index contributed by atoms with van der Waals surface area (Å²) in [5, 5.41) is 2.69. The number of anilines is 1. The van der Waals surface area contributed by atoms with Crippen LogP contribution in [0, 0.1) is 18.6 Å². The van der Waals surface area contributed by atoms with Gasteiger partial charge in [0, 0.05) is 6.42 Å². The first kappa shape index (κ1) is 29.7. The first-order valence-electron chi connectivity index (χ1n) is 13.4. The zero-order valence-electron chi connectivity index (χ0n) is 23.3. The van der Waals surface area contributed by atoms with Gasteiger partial charge >= 0.3 is 5.97 Å². The van der Waals surface area contributed by atoms with E-state index in [9.17, 15) is 26.8 Å². The smallest absolute Gasteiger partial charge is 0.337 e. The zero-order valence-corrected chi connectivity index (χ0v) is 24.2. The van der Waals surface area contributed by atoms with E-state index in [1.54, 1.807) is 49.4 Å². The van der Waals surface area contributed by atoms with Crippen molar-refractivity contribution in [3.8, 4) is 16.9 Å². The number of rotatable bonds is 9. The lowest BCUT2D eigenvalue weighted by molar-refractivity contribution is -0.122. The Morgan fingerprint density at radius 2 is 1.72 bits per heavy atom. The number of nitrogens with zero attached hydrogens (tertiary/aromatic N) is 1. The predicted molar refractivity (Wildman–Crippen MR) is 156 cm³/mol. The molecule has 4 aromatic carbocycles. The number of aryl methyl sites for hydroxylation is 1. The van der Waals surface area contributed by atoms with Crippen molar-refractivity contribution in [2.24, 2.45) is 0 Å². The number of sulfonamides is 1. The molecule has 43 heavy (non-hydrogen) atoms. The van der Waals surface area contributed by atoms with E-state index >= 15 is 0 Å². The molecule has 0 aliphatic carbocycles. The molecular formula is C32H28F2N2O6S. The summed E-state index contributed by atoms with van der Waals surface area (Å²) in [7, 11) is -2.97. The Balaban J connectivity index is 1.31. The lowest BCUT2D eigenvalue weighted by Gasteiger charge is -2.26. The number of ether oxygens (including phenoxy) is 2. The highest BCUT2D eigenvalue weighted by molar-refractivity contribution is 7.93. The Morgan fingerprint density at radius 3 is 2.42 bits per heavy atom. The molecule has 222 valence electrons. The van der Waals surface area contributed by atoms with Crippen LogP contribution in [-0.2, 0) is 26.0 Å². The lowest BCUT2D eigenvalue weighted by Crippen LogP contribution is -2.48. The average molecular weight is 607 g/mol. The maximum Gasteiger partial charge on any atom is 0.337 e. The van der Waals surface area contributed by atoms with Gasteiger partial charge in [-0.3, -0.25) is 9.10 Å². The van der Waals surface area contributed by atoms with Gasteiger partial charge in [-0.15, -0.1) is 0 Å². The number of esters is 1. The third kappa shape index (κ3) is 6.07. The number of hydrogen-bond acceptors (Lipinski definition) is 6. The first-order valence-corrected chi connectivity index (χ1v) is 14.8. The molecule has 0 radical (unpaired) electrons. The summed E-state index contributed by atoms with van der Waals surface area (Å²) < 4.78 is 66.8. The van der Waals surface area contributed by atoms with Crippen LogP contribution in [0.5, 0.6) is 5.75 Å². The van der Waals surface area contributed by atoms with Crippen molar-refractivity contribution < 1.29 is 36.3 Å². The van der Waals surface area contributed by atoms with Gasteiger partial charge in [-0.05, 0) is 77.7 Å². The number of fused-ring (bicyclic) bond motifs is 1. The topological polar surface area (TPSA) is 102 Å². The number of benzene rings is 4. The van der Waals surface area contributed by atoms with Crippen LogP contribution in [0.3, 0.4) is 0 Å². The number of nitrogens with one attached hydrogen (secondary N) is 1. The van der Waals surface area contributed by atoms with Crippen LogP contribution in [0.25, 0.3) is 11.1 Å². The Kier molecular flexibility index (Phi) is 8.45. The molecule has 0 fully saturated rings. The minimum Gasteiger partial charge on any atom is -0.489 e. The Labute approximate surface area is 247 Å². The van der Waals surface area contributed by atoms with Crippen LogP contribution in [0.15, 0.2) is 89.8 Å². The van der Waals surface area contributed by atoms with E-state index in [0.717, 1.165) is 21.5 Å². The average Bonchev–Trinajstić information content (AvgIpc) is 3.40. The SMILES string of the molecule is COC(=O)c1ccc(OCCNC(=O)[C@@H]2Cc3ccccc3N2S(=O)(=O)c2ccc(-c3ccc(F)cc3C)cc2)c(F)c1. The molecular weight excluding hydrogens is 578 g/mol. The van der Waals surface area contributed by atoms with Crippen molar-refractivity contribution in [3.63, 3.8) is 0 Å². The molecule has 11 heteroatoms. The summed E-state index contributed by atoms with van der Waals surface area (Å²) >= 11 is 0. The van der Waals surface area contributed by atoms with Crippen LogP contribution >= 0.6 is 0 Å². The van der Waals surface area contributed by atoms with Crippen LogP contribution in [0.2, 0.25) is 0 Å². The third-order valence-electron chi connectivity index (χ3n) is 7.15. The van der Waals surface area contributed by atoms with Gasteiger partial charge in [0.25, 0.3) is 10.0 Å². The number of methoxy groups -OCH3 is 1. The van der Waals surface area contributed by atoms with Gasteiger partial charge in [-0.1, -0.05) is 36.4 Å². The van der Waals surface area contributed by atoms with Crippen molar-refractivity contribution in [1.82, 2.24) is 5.32 Å². The van der Waals surface area contributed by atoms with Crippen LogP contribution in [0.4, 0.5) is 14.5 Å². The second-order valence-electron chi connectivity index (χ2n) is 9.91. The molecule has 1 amide bonds. The summed E-state index contributed by atoms with van der Waals surface area (Å²) in [5.74, 6) is -2.46. The molecule has 0 saturated heterocycles. The maximum atomic E-state index is 14.3. The van der Waals surface area contributed by atoms with Gasteiger partial charge < -0.3 is 14.8 Å². The van der Waals surface area contributed by atoms with Gasteiger partial charge in [0.05, 0.1) is 29.8 Å². The fourth-order valence-electron chi connectivity index (χ4n) is 5.04. The van der Waals surface area contributed by atoms with E-state index in [4.69, 9.17) is 4.74 Å². The van der Waals surface area contributed by atoms with Crippen LogP contribution in [0.1, 0.15) is 21.5 Å². The molecule has 0 unspecified atom stereocenters. The van der Waals surface area contributed by atoms with Gasteiger partial charge in [-0.2, -0.15) is 0 Å². The van der Waals surface area contributed by atoms with E-state index in [1.807, 2.05) is 0 Å². The Morgan fingerprint density at radius 1 is 0.977 bits per heavy atom. The number of halogens is 2. The largest absolute Gasteiger partial charge is 0.489 e.